The Labute approximate surface area is 141 Å². The Morgan fingerprint density at radius 3 is 2.62 bits per heavy atom. The Balaban J connectivity index is 1.50. The molecule has 3 aromatic rings. The van der Waals surface area contributed by atoms with Crippen LogP contribution < -0.4 is 10.1 Å². The molecule has 1 heterocycles. The fourth-order valence-electron chi connectivity index (χ4n) is 2.78. The number of benzene rings is 2. The van der Waals surface area contributed by atoms with E-state index in [1.807, 2.05) is 62.4 Å². The Kier molecular flexibility index (Phi) is 4.85. The van der Waals surface area contributed by atoms with Gasteiger partial charge >= 0.3 is 0 Å². The van der Waals surface area contributed by atoms with Crippen molar-refractivity contribution in [2.45, 2.75) is 20.3 Å². The molecule has 4 nitrogen and oxygen atoms in total. The van der Waals surface area contributed by atoms with Crippen LogP contribution in [0.25, 0.3) is 10.9 Å². The molecule has 1 aromatic heterocycles. The van der Waals surface area contributed by atoms with Crippen molar-refractivity contribution in [3.8, 4) is 5.75 Å². The molecule has 4 heteroatoms. The van der Waals surface area contributed by atoms with Gasteiger partial charge in [0.2, 0.25) is 5.91 Å². The molecule has 0 spiro atoms. The van der Waals surface area contributed by atoms with E-state index >= 15 is 0 Å². The van der Waals surface area contributed by atoms with E-state index in [2.05, 4.69) is 10.3 Å². The number of carbonyl (C=O) groups is 1. The maximum absolute atomic E-state index is 12.2. The number of aryl methyl sites for hydroxylation is 2. The number of ether oxygens (including phenoxy) is 1. The van der Waals surface area contributed by atoms with Gasteiger partial charge in [-0.1, -0.05) is 35.9 Å². The number of para-hydroxylation sites is 1. The van der Waals surface area contributed by atoms with E-state index in [4.69, 9.17) is 4.74 Å². The zero-order valence-electron chi connectivity index (χ0n) is 14.1. The Hall–Kier alpha value is -2.75. The lowest BCUT2D eigenvalue weighted by atomic mass is 10.1. The lowest BCUT2D eigenvalue weighted by Crippen LogP contribution is -2.29. The minimum atomic E-state index is 0.00959. The van der Waals surface area contributed by atoms with E-state index in [1.54, 1.807) is 0 Å². The van der Waals surface area contributed by atoms with Crippen LogP contribution in [-0.4, -0.2) is 24.0 Å². The quantitative estimate of drug-likeness (QED) is 0.682. The number of amides is 1. The van der Waals surface area contributed by atoms with Gasteiger partial charge in [0.25, 0.3) is 0 Å². The molecule has 0 saturated carbocycles. The third-order valence-electron chi connectivity index (χ3n) is 4.08. The largest absolute Gasteiger partial charge is 0.492 e. The number of aromatic nitrogens is 1. The second-order valence-electron chi connectivity index (χ2n) is 5.96. The molecule has 0 bridgehead atoms. The first-order valence-corrected chi connectivity index (χ1v) is 8.16. The maximum atomic E-state index is 12.2. The number of rotatable bonds is 6. The highest BCUT2D eigenvalue weighted by atomic mass is 16.5. The predicted molar refractivity (Wildman–Crippen MR) is 96.4 cm³/mol. The molecule has 0 aliphatic rings. The van der Waals surface area contributed by atoms with Crippen LogP contribution in [0.3, 0.4) is 0 Å². The molecule has 2 N–H and O–H groups in total. The molecule has 0 fully saturated rings. The molecule has 1 amide bonds. The van der Waals surface area contributed by atoms with E-state index in [0.717, 1.165) is 27.9 Å². The van der Waals surface area contributed by atoms with E-state index in [0.29, 0.717) is 19.6 Å². The van der Waals surface area contributed by atoms with Gasteiger partial charge in [0.05, 0.1) is 13.0 Å². The minimum Gasteiger partial charge on any atom is -0.492 e. The summed E-state index contributed by atoms with van der Waals surface area (Å²) in [6.07, 6.45) is 0.375. The van der Waals surface area contributed by atoms with Crippen LogP contribution in [0.15, 0.2) is 48.5 Å². The molecule has 3 rings (SSSR count). The van der Waals surface area contributed by atoms with Gasteiger partial charge in [0.1, 0.15) is 12.4 Å². The summed E-state index contributed by atoms with van der Waals surface area (Å²) in [5, 5.41) is 4.03. The van der Waals surface area contributed by atoms with Crippen molar-refractivity contribution in [3.05, 3.63) is 65.4 Å². The van der Waals surface area contributed by atoms with Gasteiger partial charge in [-0.25, -0.2) is 0 Å². The number of hydrogen-bond acceptors (Lipinski definition) is 2. The van der Waals surface area contributed by atoms with Crippen molar-refractivity contribution in [2.24, 2.45) is 0 Å². The first-order chi connectivity index (χ1) is 11.6. The molecule has 0 unspecified atom stereocenters. The van der Waals surface area contributed by atoms with Gasteiger partial charge in [-0.15, -0.1) is 0 Å². The molecule has 2 aromatic carbocycles. The van der Waals surface area contributed by atoms with Crippen LogP contribution in [0.1, 0.15) is 16.8 Å². The number of fused-ring (bicyclic) bond motifs is 1. The third-order valence-corrected chi connectivity index (χ3v) is 4.08. The van der Waals surface area contributed by atoms with Crippen molar-refractivity contribution in [1.82, 2.24) is 10.3 Å². The standard InChI is InChI=1S/C20H22N2O2/c1-14-7-9-16(10-8-14)24-12-11-21-20(23)13-18-15(2)22-19-6-4-3-5-17(18)19/h3-10,22H,11-13H2,1-2H3,(H,21,23). The molecule has 0 aliphatic heterocycles. The summed E-state index contributed by atoms with van der Waals surface area (Å²) in [5.74, 6) is 0.831. The lowest BCUT2D eigenvalue weighted by molar-refractivity contribution is -0.120. The highest BCUT2D eigenvalue weighted by Crippen LogP contribution is 2.22. The van der Waals surface area contributed by atoms with Crippen LogP contribution in [-0.2, 0) is 11.2 Å². The van der Waals surface area contributed by atoms with E-state index < -0.39 is 0 Å². The summed E-state index contributed by atoms with van der Waals surface area (Å²) in [6.45, 7) is 5.00. The molecule has 0 radical (unpaired) electrons. The summed E-state index contributed by atoms with van der Waals surface area (Å²) < 4.78 is 5.62. The van der Waals surface area contributed by atoms with Crippen LogP contribution in [0.4, 0.5) is 0 Å². The van der Waals surface area contributed by atoms with Gasteiger partial charge in [-0.2, -0.15) is 0 Å². The van der Waals surface area contributed by atoms with Crippen molar-refractivity contribution in [1.29, 1.82) is 0 Å². The third kappa shape index (κ3) is 3.77. The van der Waals surface area contributed by atoms with Crippen molar-refractivity contribution >= 4 is 16.8 Å². The van der Waals surface area contributed by atoms with Gasteiger partial charge in [0, 0.05) is 16.6 Å². The average Bonchev–Trinajstić information content (AvgIpc) is 2.89. The van der Waals surface area contributed by atoms with E-state index in [1.165, 1.54) is 5.56 Å². The zero-order valence-corrected chi connectivity index (χ0v) is 14.1. The van der Waals surface area contributed by atoms with Crippen molar-refractivity contribution in [3.63, 3.8) is 0 Å². The Morgan fingerprint density at radius 2 is 1.83 bits per heavy atom. The number of nitrogens with one attached hydrogen (secondary N) is 2. The highest BCUT2D eigenvalue weighted by Gasteiger charge is 2.11. The first kappa shape index (κ1) is 16.1. The number of H-pyrrole nitrogens is 1. The molecule has 0 saturated heterocycles. The topological polar surface area (TPSA) is 54.1 Å². The number of aromatic amines is 1. The van der Waals surface area contributed by atoms with Crippen LogP contribution in [0, 0.1) is 13.8 Å². The monoisotopic (exact) mass is 322 g/mol. The van der Waals surface area contributed by atoms with Gasteiger partial charge in [0.15, 0.2) is 0 Å². The van der Waals surface area contributed by atoms with Crippen molar-refractivity contribution < 1.29 is 9.53 Å². The molecule has 124 valence electrons. The first-order valence-electron chi connectivity index (χ1n) is 8.16. The summed E-state index contributed by atoms with van der Waals surface area (Å²) >= 11 is 0. The molecular formula is C20H22N2O2. The van der Waals surface area contributed by atoms with Crippen LogP contribution in [0.5, 0.6) is 5.75 Å². The normalized spacial score (nSPS) is 10.8. The lowest BCUT2D eigenvalue weighted by Gasteiger charge is -2.08. The molecule has 0 aliphatic carbocycles. The van der Waals surface area contributed by atoms with E-state index in [9.17, 15) is 4.79 Å². The summed E-state index contributed by atoms with van der Waals surface area (Å²) in [5.41, 5.74) is 4.37. The predicted octanol–water partition coefficient (Wildman–Crippen LogP) is 3.52. The van der Waals surface area contributed by atoms with Crippen LogP contribution in [0.2, 0.25) is 0 Å². The van der Waals surface area contributed by atoms with Gasteiger partial charge in [-0.05, 0) is 37.6 Å². The zero-order chi connectivity index (χ0) is 16.9. The Bertz CT molecular complexity index is 834. The van der Waals surface area contributed by atoms with Gasteiger partial charge in [-0.3, -0.25) is 4.79 Å². The van der Waals surface area contributed by atoms with Crippen LogP contribution >= 0.6 is 0 Å². The average molecular weight is 322 g/mol. The summed E-state index contributed by atoms with van der Waals surface area (Å²) in [4.78, 5) is 15.5. The summed E-state index contributed by atoms with van der Waals surface area (Å²) in [6, 6.07) is 15.9. The number of carbonyl (C=O) groups excluding carboxylic acids is 1. The van der Waals surface area contributed by atoms with Gasteiger partial charge < -0.3 is 15.0 Å². The molecular weight excluding hydrogens is 300 g/mol. The highest BCUT2D eigenvalue weighted by molar-refractivity contribution is 5.90. The summed E-state index contributed by atoms with van der Waals surface area (Å²) in [7, 11) is 0. The number of hydrogen-bond donors (Lipinski definition) is 2. The molecule has 24 heavy (non-hydrogen) atoms. The second-order valence-corrected chi connectivity index (χ2v) is 5.96. The Morgan fingerprint density at radius 1 is 1.08 bits per heavy atom. The minimum absolute atomic E-state index is 0.00959. The fraction of sp³-hybridized carbons (Fsp3) is 0.250. The smallest absolute Gasteiger partial charge is 0.224 e. The maximum Gasteiger partial charge on any atom is 0.224 e. The van der Waals surface area contributed by atoms with Crippen molar-refractivity contribution in [2.75, 3.05) is 13.2 Å². The fourth-order valence-corrected chi connectivity index (χ4v) is 2.78. The second kappa shape index (κ2) is 7.21. The van der Waals surface area contributed by atoms with E-state index in [-0.39, 0.29) is 5.91 Å². The molecule has 0 atom stereocenters. The SMILES string of the molecule is Cc1ccc(OCCNC(=O)Cc2c(C)[nH]c3ccccc23)cc1.